The van der Waals surface area contributed by atoms with Gasteiger partial charge in [0, 0.05) is 5.56 Å². The molecule has 98 valence electrons. The van der Waals surface area contributed by atoms with E-state index in [1.54, 1.807) is 0 Å². The van der Waals surface area contributed by atoms with Crippen molar-refractivity contribution in [1.29, 1.82) is 0 Å². The molecule has 0 unspecified atom stereocenters. The highest BCUT2D eigenvalue weighted by atomic mass is 79.9. The number of rotatable bonds is 3. The molecule has 0 bridgehead atoms. The van der Waals surface area contributed by atoms with Crippen LogP contribution in [0.15, 0.2) is 16.6 Å². The molecular formula is C13H14BrFO3. The van der Waals surface area contributed by atoms with Crippen LogP contribution < -0.4 is 4.74 Å². The van der Waals surface area contributed by atoms with Crippen molar-refractivity contribution in [3.05, 3.63) is 28.0 Å². The lowest BCUT2D eigenvalue weighted by atomic mass is 9.78. The van der Waals surface area contributed by atoms with Crippen LogP contribution in [-0.4, -0.2) is 18.2 Å². The fourth-order valence-electron chi connectivity index (χ4n) is 2.61. The van der Waals surface area contributed by atoms with Gasteiger partial charge in [0.1, 0.15) is 11.6 Å². The number of carboxylic acid groups (broad SMARTS) is 1. The smallest absolute Gasteiger partial charge is 0.314 e. The van der Waals surface area contributed by atoms with Crippen molar-refractivity contribution < 1.29 is 19.0 Å². The van der Waals surface area contributed by atoms with Crippen LogP contribution in [-0.2, 0) is 10.2 Å². The minimum atomic E-state index is -1.11. The first-order chi connectivity index (χ1) is 8.51. The van der Waals surface area contributed by atoms with Crippen LogP contribution in [0.4, 0.5) is 4.39 Å². The fourth-order valence-corrected chi connectivity index (χ4v) is 3.05. The molecule has 0 atom stereocenters. The van der Waals surface area contributed by atoms with Crippen molar-refractivity contribution in [2.24, 2.45) is 0 Å². The SMILES string of the molecule is COc1cc(Br)c(F)c(C2(C(=O)O)CCCC2)c1. The summed E-state index contributed by atoms with van der Waals surface area (Å²) in [5, 5.41) is 9.47. The van der Waals surface area contributed by atoms with Crippen LogP contribution in [0.3, 0.4) is 0 Å². The van der Waals surface area contributed by atoms with E-state index >= 15 is 0 Å². The predicted octanol–water partition coefficient (Wildman–Crippen LogP) is 3.49. The van der Waals surface area contributed by atoms with Crippen molar-refractivity contribution in [2.75, 3.05) is 7.11 Å². The molecule has 0 saturated heterocycles. The Kier molecular flexibility index (Phi) is 3.61. The molecule has 0 radical (unpaired) electrons. The van der Waals surface area contributed by atoms with Crippen LogP contribution in [0, 0.1) is 5.82 Å². The molecule has 3 nitrogen and oxygen atoms in total. The standard InChI is InChI=1S/C13H14BrFO3/c1-18-8-6-9(11(15)10(14)7-8)13(12(16)17)4-2-3-5-13/h6-7H,2-5H2,1H3,(H,16,17). The van der Waals surface area contributed by atoms with Crippen LogP contribution in [0.25, 0.3) is 0 Å². The topological polar surface area (TPSA) is 46.5 Å². The molecule has 18 heavy (non-hydrogen) atoms. The highest BCUT2D eigenvalue weighted by Crippen LogP contribution is 2.44. The van der Waals surface area contributed by atoms with Crippen LogP contribution in [0.1, 0.15) is 31.2 Å². The molecule has 1 aliphatic carbocycles. The van der Waals surface area contributed by atoms with Crippen molar-refractivity contribution in [3.63, 3.8) is 0 Å². The molecule has 1 saturated carbocycles. The molecular weight excluding hydrogens is 303 g/mol. The predicted molar refractivity (Wildman–Crippen MR) is 68.4 cm³/mol. The van der Waals surface area contributed by atoms with Gasteiger partial charge in [0.15, 0.2) is 0 Å². The van der Waals surface area contributed by atoms with E-state index in [1.165, 1.54) is 19.2 Å². The zero-order valence-corrected chi connectivity index (χ0v) is 11.6. The first kappa shape index (κ1) is 13.3. The molecule has 1 aromatic carbocycles. The Morgan fingerprint density at radius 1 is 1.44 bits per heavy atom. The summed E-state index contributed by atoms with van der Waals surface area (Å²) in [5.41, 5.74) is -0.889. The van der Waals surface area contributed by atoms with E-state index in [9.17, 15) is 14.3 Å². The van der Waals surface area contributed by atoms with Gasteiger partial charge in [-0.1, -0.05) is 12.8 Å². The van der Waals surface area contributed by atoms with Gasteiger partial charge in [-0.05, 0) is 40.9 Å². The maximum atomic E-state index is 14.2. The van der Waals surface area contributed by atoms with E-state index in [0.29, 0.717) is 18.6 Å². The molecule has 2 rings (SSSR count). The Hall–Kier alpha value is -1.10. The molecule has 1 fully saturated rings. The lowest BCUT2D eigenvalue weighted by molar-refractivity contribution is -0.143. The lowest BCUT2D eigenvalue weighted by Crippen LogP contribution is -2.33. The number of benzene rings is 1. The average molecular weight is 317 g/mol. The van der Waals surface area contributed by atoms with Crippen molar-refractivity contribution in [2.45, 2.75) is 31.1 Å². The second-order valence-electron chi connectivity index (χ2n) is 4.57. The molecule has 5 heteroatoms. The molecule has 0 spiro atoms. The van der Waals surface area contributed by atoms with Crippen molar-refractivity contribution >= 4 is 21.9 Å². The Morgan fingerprint density at radius 2 is 2.06 bits per heavy atom. The van der Waals surface area contributed by atoms with E-state index < -0.39 is 17.2 Å². The third kappa shape index (κ3) is 2.00. The summed E-state index contributed by atoms with van der Waals surface area (Å²) < 4.78 is 19.5. The molecule has 0 heterocycles. The number of halogens is 2. The summed E-state index contributed by atoms with van der Waals surface area (Å²) >= 11 is 3.11. The second kappa shape index (κ2) is 4.88. The van der Waals surface area contributed by atoms with E-state index in [-0.39, 0.29) is 10.0 Å². The lowest BCUT2D eigenvalue weighted by Gasteiger charge is -2.25. The summed E-state index contributed by atoms with van der Waals surface area (Å²) in [6, 6.07) is 3.00. The maximum Gasteiger partial charge on any atom is 0.314 e. The first-order valence-corrected chi connectivity index (χ1v) is 6.57. The van der Waals surface area contributed by atoms with Gasteiger partial charge in [-0.3, -0.25) is 4.79 Å². The highest BCUT2D eigenvalue weighted by molar-refractivity contribution is 9.10. The number of aliphatic carboxylic acids is 1. The number of methoxy groups -OCH3 is 1. The highest BCUT2D eigenvalue weighted by Gasteiger charge is 2.45. The summed E-state index contributed by atoms with van der Waals surface area (Å²) in [4.78, 5) is 11.6. The van der Waals surface area contributed by atoms with Gasteiger partial charge in [-0.25, -0.2) is 4.39 Å². The minimum Gasteiger partial charge on any atom is -0.497 e. The zero-order chi connectivity index (χ0) is 13.3. The van der Waals surface area contributed by atoms with Gasteiger partial charge in [-0.15, -0.1) is 0 Å². The zero-order valence-electron chi connectivity index (χ0n) is 10.0. The maximum absolute atomic E-state index is 14.2. The number of hydrogen-bond donors (Lipinski definition) is 1. The van der Waals surface area contributed by atoms with Gasteiger partial charge in [-0.2, -0.15) is 0 Å². The third-order valence-electron chi connectivity index (χ3n) is 3.62. The van der Waals surface area contributed by atoms with E-state index in [2.05, 4.69) is 15.9 Å². The largest absolute Gasteiger partial charge is 0.497 e. The molecule has 0 amide bonds. The first-order valence-electron chi connectivity index (χ1n) is 5.78. The van der Waals surface area contributed by atoms with E-state index in [1.807, 2.05) is 0 Å². The average Bonchev–Trinajstić information content (AvgIpc) is 2.82. The minimum absolute atomic E-state index is 0.221. The van der Waals surface area contributed by atoms with Gasteiger partial charge >= 0.3 is 5.97 Å². The molecule has 1 N–H and O–H groups in total. The molecule has 1 aromatic rings. The Bertz CT molecular complexity index is 481. The Labute approximate surface area is 113 Å². The quantitative estimate of drug-likeness (QED) is 0.928. The van der Waals surface area contributed by atoms with Crippen LogP contribution in [0.5, 0.6) is 5.75 Å². The van der Waals surface area contributed by atoms with Crippen LogP contribution in [0.2, 0.25) is 0 Å². The molecule has 0 aromatic heterocycles. The summed E-state index contributed by atoms with van der Waals surface area (Å²) in [7, 11) is 1.48. The summed E-state index contributed by atoms with van der Waals surface area (Å²) in [6.45, 7) is 0. The van der Waals surface area contributed by atoms with Crippen LogP contribution >= 0.6 is 15.9 Å². The molecule has 0 aliphatic heterocycles. The van der Waals surface area contributed by atoms with Crippen molar-refractivity contribution in [1.82, 2.24) is 0 Å². The van der Waals surface area contributed by atoms with Crippen molar-refractivity contribution in [3.8, 4) is 5.75 Å². The van der Waals surface area contributed by atoms with Gasteiger partial charge in [0.2, 0.25) is 0 Å². The number of hydrogen-bond acceptors (Lipinski definition) is 2. The third-order valence-corrected chi connectivity index (χ3v) is 4.20. The fraction of sp³-hybridized carbons (Fsp3) is 0.462. The Balaban J connectivity index is 2.61. The second-order valence-corrected chi connectivity index (χ2v) is 5.42. The van der Waals surface area contributed by atoms with E-state index in [0.717, 1.165) is 12.8 Å². The summed E-state index contributed by atoms with van der Waals surface area (Å²) in [6.07, 6.45) is 2.55. The summed E-state index contributed by atoms with van der Waals surface area (Å²) in [5.74, 6) is -0.995. The van der Waals surface area contributed by atoms with Gasteiger partial charge in [0.25, 0.3) is 0 Å². The number of ether oxygens (including phenoxy) is 1. The number of carbonyl (C=O) groups is 1. The molecule has 1 aliphatic rings. The number of carboxylic acids is 1. The normalized spacial score (nSPS) is 17.7. The van der Waals surface area contributed by atoms with E-state index in [4.69, 9.17) is 4.74 Å². The Morgan fingerprint density at radius 3 is 2.56 bits per heavy atom. The van der Waals surface area contributed by atoms with Gasteiger partial charge < -0.3 is 9.84 Å². The monoisotopic (exact) mass is 316 g/mol. The van der Waals surface area contributed by atoms with Gasteiger partial charge in [0.05, 0.1) is 17.0 Å².